The fraction of sp³-hybridized carbons (Fsp3) is 0.133. The van der Waals surface area contributed by atoms with Crippen LogP contribution in [0.5, 0.6) is 0 Å². The van der Waals surface area contributed by atoms with Gasteiger partial charge in [0.15, 0.2) is 0 Å². The molecule has 0 atom stereocenters. The molecule has 5 heteroatoms. The minimum Gasteiger partial charge on any atom is -0.398 e. The minimum absolute atomic E-state index is 0.208. The van der Waals surface area contributed by atoms with Gasteiger partial charge in [0, 0.05) is 22.3 Å². The van der Waals surface area contributed by atoms with Crippen molar-refractivity contribution in [1.82, 2.24) is 5.32 Å². The van der Waals surface area contributed by atoms with Crippen molar-refractivity contribution in [3.63, 3.8) is 0 Å². The number of carbonyl (C=O) groups is 1. The first-order valence-electron chi connectivity index (χ1n) is 6.05. The number of anilines is 1. The molecule has 2 aromatic rings. The Bertz CT molecular complexity index is 641. The Balaban J connectivity index is 2.11. The molecular formula is C15H14BrFN2O. The van der Waals surface area contributed by atoms with Crippen molar-refractivity contribution in [2.45, 2.75) is 13.5 Å². The molecule has 0 aliphatic heterocycles. The minimum atomic E-state index is -0.296. The van der Waals surface area contributed by atoms with Crippen molar-refractivity contribution in [2.24, 2.45) is 0 Å². The first-order valence-corrected chi connectivity index (χ1v) is 6.85. The van der Waals surface area contributed by atoms with Gasteiger partial charge in [-0.15, -0.1) is 0 Å². The third-order valence-electron chi connectivity index (χ3n) is 3.02. The van der Waals surface area contributed by atoms with Gasteiger partial charge in [0.1, 0.15) is 5.82 Å². The van der Waals surface area contributed by atoms with Gasteiger partial charge in [-0.05, 0) is 42.3 Å². The van der Waals surface area contributed by atoms with E-state index in [0.29, 0.717) is 17.8 Å². The third kappa shape index (κ3) is 3.36. The summed E-state index contributed by atoms with van der Waals surface area (Å²) in [6.45, 7) is 2.14. The lowest BCUT2D eigenvalue weighted by molar-refractivity contribution is 0.0950. The van der Waals surface area contributed by atoms with Crippen LogP contribution < -0.4 is 11.1 Å². The zero-order valence-electron chi connectivity index (χ0n) is 10.9. The van der Waals surface area contributed by atoms with Gasteiger partial charge in [0.2, 0.25) is 0 Å². The van der Waals surface area contributed by atoms with Crippen LogP contribution in [0.3, 0.4) is 0 Å². The number of amides is 1. The van der Waals surface area contributed by atoms with Gasteiger partial charge in [-0.25, -0.2) is 4.39 Å². The first-order chi connectivity index (χ1) is 9.47. The Kier molecular flexibility index (Phi) is 4.39. The maximum Gasteiger partial charge on any atom is 0.251 e. The molecule has 0 saturated heterocycles. The van der Waals surface area contributed by atoms with Crippen molar-refractivity contribution in [3.8, 4) is 0 Å². The molecule has 0 fully saturated rings. The molecule has 104 valence electrons. The van der Waals surface area contributed by atoms with Gasteiger partial charge < -0.3 is 11.1 Å². The standard InChI is InChI=1S/C15H14BrFN2O/c1-9-13(6-11(16)7-14(9)18)15(20)19-8-10-2-4-12(17)5-3-10/h2-7H,8,18H2,1H3,(H,19,20). The molecule has 0 unspecified atom stereocenters. The van der Waals surface area contributed by atoms with E-state index in [1.165, 1.54) is 12.1 Å². The molecule has 0 radical (unpaired) electrons. The van der Waals surface area contributed by atoms with Crippen molar-refractivity contribution in [2.75, 3.05) is 5.73 Å². The number of hydrogen-bond donors (Lipinski definition) is 2. The van der Waals surface area contributed by atoms with E-state index >= 15 is 0 Å². The molecule has 2 rings (SSSR count). The van der Waals surface area contributed by atoms with Gasteiger partial charge in [-0.2, -0.15) is 0 Å². The number of halogens is 2. The summed E-state index contributed by atoms with van der Waals surface area (Å²) in [5.41, 5.74) is 8.49. The van der Waals surface area contributed by atoms with E-state index in [2.05, 4.69) is 21.2 Å². The number of hydrogen-bond acceptors (Lipinski definition) is 2. The third-order valence-corrected chi connectivity index (χ3v) is 3.48. The predicted molar refractivity (Wildman–Crippen MR) is 80.9 cm³/mol. The summed E-state index contributed by atoms with van der Waals surface area (Å²) < 4.78 is 13.5. The van der Waals surface area contributed by atoms with Crippen LogP contribution in [0, 0.1) is 12.7 Å². The maximum absolute atomic E-state index is 12.8. The summed E-state index contributed by atoms with van der Waals surface area (Å²) in [6, 6.07) is 9.49. The quantitative estimate of drug-likeness (QED) is 0.844. The molecule has 1 amide bonds. The van der Waals surface area contributed by atoms with E-state index in [4.69, 9.17) is 5.73 Å². The molecule has 0 saturated carbocycles. The molecular weight excluding hydrogens is 323 g/mol. The lowest BCUT2D eigenvalue weighted by Gasteiger charge is -2.10. The highest BCUT2D eigenvalue weighted by molar-refractivity contribution is 9.10. The topological polar surface area (TPSA) is 55.1 Å². The molecule has 3 N–H and O–H groups in total. The van der Waals surface area contributed by atoms with Crippen LogP contribution in [-0.2, 0) is 6.54 Å². The van der Waals surface area contributed by atoms with Crippen LogP contribution in [0.2, 0.25) is 0 Å². The SMILES string of the molecule is Cc1c(N)cc(Br)cc1C(=O)NCc1ccc(F)cc1. The highest BCUT2D eigenvalue weighted by Crippen LogP contribution is 2.22. The van der Waals surface area contributed by atoms with Crippen LogP contribution in [0.25, 0.3) is 0 Å². The normalized spacial score (nSPS) is 10.3. The Morgan fingerprint density at radius 2 is 1.95 bits per heavy atom. The number of benzene rings is 2. The van der Waals surface area contributed by atoms with Crippen LogP contribution in [-0.4, -0.2) is 5.91 Å². The summed E-state index contributed by atoms with van der Waals surface area (Å²) >= 11 is 3.32. The fourth-order valence-corrected chi connectivity index (χ4v) is 2.29. The molecule has 0 bridgehead atoms. The molecule has 0 aliphatic carbocycles. The predicted octanol–water partition coefficient (Wildman–Crippen LogP) is 3.41. The highest BCUT2D eigenvalue weighted by Gasteiger charge is 2.12. The number of nitrogen functional groups attached to an aromatic ring is 1. The molecule has 0 heterocycles. The van der Waals surface area contributed by atoms with Crippen LogP contribution >= 0.6 is 15.9 Å². The van der Waals surface area contributed by atoms with Gasteiger partial charge >= 0.3 is 0 Å². The largest absolute Gasteiger partial charge is 0.398 e. The molecule has 20 heavy (non-hydrogen) atoms. The molecule has 2 aromatic carbocycles. The second kappa shape index (κ2) is 6.05. The number of carbonyl (C=O) groups excluding carboxylic acids is 1. The van der Waals surface area contributed by atoms with Gasteiger partial charge in [0.05, 0.1) is 0 Å². The average molecular weight is 337 g/mol. The van der Waals surface area contributed by atoms with Gasteiger partial charge in [-0.1, -0.05) is 28.1 Å². The Hall–Kier alpha value is -1.88. The molecule has 0 aromatic heterocycles. The lowest BCUT2D eigenvalue weighted by Crippen LogP contribution is -2.24. The van der Waals surface area contributed by atoms with Crippen molar-refractivity contribution in [3.05, 3.63) is 63.4 Å². The fourth-order valence-electron chi connectivity index (χ4n) is 1.82. The summed E-state index contributed by atoms with van der Waals surface area (Å²) in [6.07, 6.45) is 0. The molecule has 0 aliphatic rings. The zero-order chi connectivity index (χ0) is 14.7. The second-order valence-electron chi connectivity index (χ2n) is 4.48. The van der Waals surface area contributed by atoms with Crippen molar-refractivity contribution in [1.29, 1.82) is 0 Å². The van der Waals surface area contributed by atoms with E-state index in [9.17, 15) is 9.18 Å². The molecule has 3 nitrogen and oxygen atoms in total. The summed E-state index contributed by atoms with van der Waals surface area (Å²) in [5.74, 6) is -0.504. The van der Waals surface area contributed by atoms with E-state index in [1.54, 1.807) is 31.2 Å². The van der Waals surface area contributed by atoms with Crippen LogP contribution in [0.4, 0.5) is 10.1 Å². The monoisotopic (exact) mass is 336 g/mol. The number of rotatable bonds is 3. The van der Waals surface area contributed by atoms with Crippen molar-refractivity contribution < 1.29 is 9.18 Å². The number of nitrogens with one attached hydrogen (secondary N) is 1. The zero-order valence-corrected chi connectivity index (χ0v) is 12.5. The highest BCUT2D eigenvalue weighted by atomic mass is 79.9. The first kappa shape index (κ1) is 14.5. The van der Waals surface area contributed by atoms with E-state index in [0.717, 1.165) is 15.6 Å². The van der Waals surface area contributed by atoms with E-state index < -0.39 is 0 Å². The lowest BCUT2D eigenvalue weighted by atomic mass is 10.1. The number of nitrogens with two attached hydrogens (primary N) is 1. The van der Waals surface area contributed by atoms with E-state index in [1.807, 2.05) is 0 Å². The Morgan fingerprint density at radius 1 is 1.30 bits per heavy atom. The molecule has 0 spiro atoms. The maximum atomic E-state index is 12.8. The van der Waals surface area contributed by atoms with Crippen molar-refractivity contribution >= 4 is 27.5 Å². The Morgan fingerprint density at radius 3 is 2.60 bits per heavy atom. The summed E-state index contributed by atoms with van der Waals surface area (Å²) in [4.78, 5) is 12.1. The Labute approximate surface area is 125 Å². The van der Waals surface area contributed by atoms with Crippen LogP contribution in [0.1, 0.15) is 21.5 Å². The van der Waals surface area contributed by atoms with Gasteiger partial charge in [-0.3, -0.25) is 4.79 Å². The smallest absolute Gasteiger partial charge is 0.251 e. The van der Waals surface area contributed by atoms with E-state index in [-0.39, 0.29) is 11.7 Å². The second-order valence-corrected chi connectivity index (χ2v) is 5.39. The summed E-state index contributed by atoms with van der Waals surface area (Å²) in [7, 11) is 0. The van der Waals surface area contributed by atoms with Crippen LogP contribution in [0.15, 0.2) is 40.9 Å². The average Bonchev–Trinajstić information content (AvgIpc) is 2.42. The summed E-state index contributed by atoms with van der Waals surface area (Å²) in [5, 5.41) is 2.79. The van der Waals surface area contributed by atoms with Gasteiger partial charge in [0.25, 0.3) is 5.91 Å².